The summed E-state index contributed by atoms with van der Waals surface area (Å²) in [4.78, 5) is 29.8. The van der Waals surface area contributed by atoms with Crippen LogP contribution in [0.5, 0.6) is 0 Å². The molecular formula is C18H19N3O2S2. The van der Waals surface area contributed by atoms with Crippen LogP contribution in [-0.2, 0) is 17.8 Å². The van der Waals surface area contributed by atoms with Gasteiger partial charge in [0.15, 0.2) is 5.16 Å². The molecule has 1 N–H and O–H groups in total. The molecule has 3 rings (SSSR count). The Morgan fingerprint density at radius 1 is 1.36 bits per heavy atom. The minimum atomic E-state index is -0.223. The number of carbonyl (C=O) groups is 1. The number of rotatable bonds is 5. The number of nitrogens with one attached hydrogen (secondary N) is 1. The molecule has 3 aromatic rings. The molecule has 2 aromatic heterocycles. The number of aryl methyl sites for hydroxylation is 2. The SMILES string of the molecule is CCc1cccc(C)c1NC(=O)Cn1c(SC)nc2ccsc2c1=O. The van der Waals surface area contributed by atoms with E-state index in [0.717, 1.165) is 23.2 Å². The third-order valence-electron chi connectivity index (χ3n) is 4.02. The second kappa shape index (κ2) is 7.41. The number of benzene rings is 1. The number of thioether (sulfide) groups is 1. The predicted octanol–water partition coefficient (Wildman–Crippen LogP) is 3.69. The number of carbonyl (C=O) groups excluding carboxylic acids is 1. The highest BCUT2D eigenvalue weighted by molar-refractivity contribution is 7.98. The Morgan fingerprint density at radius 3 is 2.88 bits per heavy atom. The summed E-state index contributed by atoms with van der Waals surface area (Å²) in [7, 11) is 0. The van der Waals surface area contributed by atoms with Crippen LogP contribution < -0.4 is 10.9 Å². The van der Waals surface area contributed by atoms with Crippen molar-refractivity contribution in [3.8, 4) is 0 Å². The molecule has 7 heteroatoms. The van der Waals surface area contributed by atoms with E-state index < -0.39 is 0 Å². The van der Waals surface area contributed by atoms with Crippen LogP contribution in [0.4, 0.5) is 5.69 Å². The fraction of sp³-hybridized carbons (Fsp3) is 0.278. The zero-order chi connectivity index (χ0) is 18.0. The molecule has 2 heterocycles. The molecule has 0 radical (unpaired) electrons. The summed E-state index contributed by atoms with van der Waals surface area (Å²) in [6, 6.07) is 7.77. The summed E-state index contributed by atoms with van der Waals surface area (Å²) in [5.74, 6) is -0.223. The second-order valence-corrected chi connectivity index (χ2v) is 7.33. The zero-order valence-corrected chi connectivity index (χ0v) is 16.0. The summed E-state index contributed by atoms with van der Waals surface area (Å²) in [5, 5.41) is 5.36. The van der Waals surface area contributed by atoms with Crippen LogP contribution in [0.2, 0.25) is 0 Å². The van der Waals surface area contributed by atoms with Crippen molar-refractivity contribution in [1.82, 2.24) is 9.55 Å². The van der Waals surface area contributed by atoms with Gasteiger partial charge < -0.3 is 5.32 Å². The van der Waals surface area contributed by atoms with E-state index in [2.05, 4.69) is 17.2 Å². The zero-order valence-electron chi connectivity index (χ0n) is 14.3. The van der Waals surface area contributed by atoms with Crippen LogP contribution in [0.25, 0.3) is 10.2 Å². The molecule has 25 heavy (non-hydrogen) atoms. The maximum atomic E-state index is 12.7. The first-order valence-electron chi connectivity index (χ1n) is 7.95. The number of nitrogens with zero attached hydrogens (tertiary/aromatic N) is 2. The lowest BCUT2D eigenvalue weighted by Gasteiger charge is -2.14. The highest BCUT2D eigenvalue weighted by atomic mass is 32.2. The molecule has 0 fully saturated rings. The normalized spacial score (nSPS) is 11.0. The largest absolute Gasteiger partial charge is 0.324 e. The van der Waals surface area contributed by atoms with Crippen molar-refractivity contribution in [1.29, 1.82) is 0 Å². The highest BCUT2D eigenvalue weighted by Gasteiger charge is 2.15. The van der Waals surface area contributed by atoms with E-state index in [1.54, 1.807) is 0 Å². The van der Waals surface area contributed by atoms with Crippen molar-refractivity contribution in [3.63, 3.8) is 0 Å². The van der Waals surface area contributed by atoms with Gasteiger partial charge in [0.25, 0.3) is 5.56 Å². The average molecular weight is 374 g/mol. The van der Waals surface area contributed by atoms with Crippen LogP contribution in [0.3, 0.4) is 0 Å². The van der Waals surface area contributed by atoms with Gasteiger partial charge in [0, 0.05) is 5.69 Å². The van der Waals surface area contributed by atoms with Crippen molar-refractivity contribution >= 4 is 44.9 Å². The average Bonchev–Trinajstić information content (AvgIpc) is 3.07. The lowest BCUT2D eigenvalue weighted by atomic mass is 10.1. The Morgan fingerprint density at radius 2 is 2.16 bits per heavy atom. The van der Waals surface area contributed by atoms with Crippen molar-refractivity contribution in [3.05, 3.63) is 51.1 Å². The fourth-order valence-electron chi connectivity index (χ4n) is 2.74. The van der Waals surface area contributed by atoms with Crippen molar-refractivity contribution in [2.45, 2.75) is 32.0 Å². The van der Waals surface area contributed by atoms with Crippen molar-refractivity contribution in [2.24, 2.45) is 0 Å². The Bertz CT molecular complexity index is 992. The molecule has 5 nitrogen and oxygen atoms in total. The summed E-state index contributed by atoms with van der Waals surface area (Å²) in [6.07, 6.45) is 2.68. The first kappa shape index (κ1) is 17.7. The van der Waals surface area contributed by atoms with Gasteiger partial charge >= 0.3 is 0 Å². The summed E-state index contributed by atoms with van der Waals surface area (Å²) < 4.78 is 2.03. The molecule has 0 saturated heterocycles. The monoisotopic (exact) mass is 373 g/mol. The third-order valence-corrected chi connectivity index (χ3v) is 5.59. The van der Waals surface area contributed by atoms with Crippen LogP contribution in [0, 0.1) is 6.92 Å². The van der Waals surface area contributed by atoms with E-state index in [9.17, 15) is 9.59 Å². The van der Waals surface area contributed by atoms with Gasteiger partial charge in [-0.2, -0.15) is 0 Å². The molecule has 1 aromatic carbocycles. The van der Waals surface area contributed by atoms with Gasteiger partial charge in [-0.25, -0.2) is 4.98 Å². The molecule has 1 amide bonds. The van der Waals surface area contributed by atoms with Crippen LogP contribution >= 0.6 is 23.1 Å². The Kier molecular flexibility index (Phi) is 5.24. The van der Waals surface area contributed by atoms with Gasteiger partial charge in [-0.15, -0.1) is 11.3 Å². The van der Waals surface area contributed by atoms with E-state index in [-0.39, 0.29) is 18.0 Å². The molecule has 0 aliphatic rings. The van der Waals surface area contributed by atoms with Gasteiger partial charge in [0.05, 0.1) is 5.52 Å². The molecule has 0 aliphatic carbocycles. The minimum Gasteiger partial charge on any atom is -0.324 e. The van der Waals surface area contributed by atoms with Gasteiger partial charge in [0.2, 0.25) is 5.91 Å². The van der Waals surface area contributed by atoms with Crippen molar-refractivity contribution < 1.29 is 4.79 Å². The molecule has 0 atom stereocenters. The van der Waals surface area contributed by atoms with Gasteiger partial charge in [-0.1, -0.05) is 36.9 Å². The number of aromatic nitrogens is 2. The summed E-state index contributed by atoms with van der Waals surface area (Å²) >= 11 is 2.71. The molecule has 0 saturated carbocycles. The van der Waals surface area contributed by atoms with Crippen molar-refractivity contribution in [2.75, 3.05) is 11.6 Å². The maximum Gasteiger partial charge on any atom is 0.272 e. The number of amides is 1. The predicted molar refractivity (Wildman–Crippen MR) is 105 cm³/mol. The smallest absolute Gasteiger partial charge is 0.272 e. The minimum absolute atomic E-state index is 0.0483. The van der Waals surface area contributed by atoms with E-state index in [0.29, 0.717) is 15.4 Å². The summed E-state index contributed by atoms with van der Waals surface area (Å²) in [6.45, 7) is 3.97. The number of anilines is 1. The van der Waals surface area contributed by atoms with Crippen LogP contribution in [-0.4, -0.2) is 21.7 Å². The molecule has 130 valence electrons. The number of hydrogen-bond acceptors (Lipinski definition) is 5. The first-order chi connectivity index (χ1) is 12.0. The Labute approximate surface area is 154 Å². The molecule has 0 bridgehead atoms. The molecule has 0 spiro atoms. The quantitative estimate of drug-likeness (QED) is 0.547. The Balaban J connectivity index is 1.93. The number of fused-ring (bicyclic) bond motifs is 1. The maximum absolute atomic E-state index is 12.7. The topological polar surface area (TPSA) is 64.0 Å². The lowest BCUT2D eigenvalue weighted by Crippen LogP contribution is -2.29. The van der Waals surface area contributed by atoms with E-state index in [1.165, 1.54) is 27.7 Å². The standard InChI is InChI=1S/C18H19N3O2S2/c1-4-12-7-5-6-11(2)15(12)20-14(22)10-21-17(23)16-13(8-9-25-16)19-18(21)24-3/h5-9H,4,10H2,1-3H3,(H,20,22). The van der Waals surface area contributed by atoms with E-state index >= 15 is 0 Å². The second-order valence-electron chi connectivity index (χ2n) is 5.64. The molecular weight excluding hydrogens is 354 g/mol. The third kappa shape index (κ3) is 3.48. The van der Waals surface area contributed by atoms with Gasteiger partial charge in [-0.05, 0) is 42.2 Å². The Hall–Kier alpha value is -2.12. The number of thiophene rings is 1. The number of para-hydroxylation sites is 1. The van der Waals surface area contributed by atoms with Gasteiger partial charge in [-0.3, -0.25) is 14.2 Å². The fourth-order valence-corrected chi connectivity index (χ4v) is 4.08. The summed E-state index contributed by atoms with van der Waals surface area (Å²) in [5.41, 5.74) is 3.44. The van der Waals surface area contributed by atoms with E-state index in [1.807, 2.05) is 42.8 Å². The highest BCUT2D eigenvalue weighted by Crippen LogP contribution is 2.22. The number of hydrogen-bond donors (Lipinski definition) is 1. The van der Waals surface area contributed by atoms with Crippen LogP contribution in [0.1, 0.15) is 18.1 Å². The van der Waals surface area contributed by atoms with Gasteiger partial charge in [0.1, 0.15) is 11.2 Å². The van der Waals surface area contributed by atoms with E-state index in [4.69, 9.17) is 0 Å². The molecule has 0 unspecified atom stereocenters. The molecule has 0 aliphatic heterocycles. The van der Waals surface area contributed by atoms with Crippen LogP contribution in [0.15, 0.2) is 39.6 Å². The lowest BCUT2D eigenvalue weighted by molar-refractivity contribution is -0.116. The first-order valence-corrected chi connectivity index (χ1v) is 10.1.